The Hall–Kier alpha value is -3.20. The van der Waals surface area contributed by atoms with Gasteiger partial charge in [-0.25, -0.2) is 0 Å². The smallest absolute Gasteiger partial charge is 0.238 e. The number of amides is 2. The Labute approximate surface area is 171 Å². The molecule has 29 heavy (non-hydrogen) atoms. The van der Waals surface area contributed by atoms with Gasteiger partial charge in [0.15, 0.2) is 0 Å². The molecule has 2 aliphatic rings. The first kappa shape index (κ1) is 17.9. The molecule has 5 rings (SSSR count). The molecule has 0 spiro atoms. The molecule has 1 aliphatic heterocycles. The van der Waals surface area contributed by atoms with E-state index in [1.54, 1.807) is 0 Å². The zero-order valence-corrected chi connectivity index (χ0v) is 16.1. The Kier molecular flexibility index (Phi) is 4.51. The normalized spacial score (nSPS) is 26.4. The number of carbonyl (C=O) groups is 2. The maximum absolute atomic E-state index is 13.6. The van der Waals surface area contributed by atoms with Gasteiger partial charge in [0.25, 0.3) is 0 Å². The molecule has 3 heteroatoms. The van der Waals surface area contributed by atoms with Gasteiger partial charge in [-0.15, -0.1) is 0 Å². The van der Waals surface area contributed by atoms with E-state index >= 15 is 0 Å². The van der Waals surface area contributed by atoms with Gasteiger partial charge < -0.3 is 0 Å². The number of hydrogen-bond acceptors (Lipinski definition) is 2. The van der Waals surface area contributed by atoms with Crippen molar-refractivity contribution in [1.29, 1.82) is 0 Å². The first-order valence-electron chi connectivity index (χ1n) is 10.3. The highest BCUT2D eigenvalue weighted by Gasteiger charge is 2.56. The lowest BCUT2D eigenvalue weighted by Gasteiger charge is -2.37. The van der Waals surface area contributed by atoms with Gasteiger partial charge in [0, 0.05) is 0 Å². The summed E-state index contributed by atoms with van der Waals surface area (Å²) in [7, 11) is 0. The van der Waals surface area contributed by atoms with Crippen LogP contribution in [0.3, 0.4) is 0 Å². The SMILES string of the molecule is O=C1[C@@H]2[C@H](C(=O)N1c1ccccc1)[C@@H](c1ccccc1)CC[C@@H]2c1ccccc1. The number of imide groups is 1. The maximum Gasteiger partial charge on any atom is 0.238 e. The fourth-order valence-electron chi connectivity index (χ4n) is 5.26. The zero-order valence-electron chi connectivity index (χ0n) is 16.1. The second-order valence-electron chi connectivity index (χ2n) is 8.01. The van der Waals surface area contributed by atoms with E-state index in [2.05, 4.69) is 24.3 Å². The number of benzene rings is 3. The Bertz CT molecular complexity index is 951. The molecule has 3 nitrogen and oxygen atoms in total. The Balaban J connectivity index is 1.60. The maximum atomic E-state index is 13.6. The molecule has 0 bridgehead atoms. The predicted octanol–water partition coefficient (Wildman–Crippen LogP) is 5.15. The number of rotatable bonds is 3. The number of fused-ring (bicyclic) bond motifs is 1. The van der Waals surface area contributed by atoms with Gasteiger partial charge in [0.2, 0.25) is 11.8 Å². The monoisotopic (exact) mass is 381 g/mol. The molecule has 1 heterocycles. The standard InChI is InChI=1S/C26H23NO2/c28-25-23-21(18-10-4-1-5-11-18)16-17-22(19-12-6-2-7-13-19)24(23)26(29)27(25)20-14-8-3-9-15-20/h1-15,21-24H,16-17H2/t21-,22-,23-,24+/m1/s1. The van der Waals surface area contributed by atoms with E-state index in [1.807, 2.05) is 66.7 Å². The summed E-state index contributed by atoms with van der Waals surface area (Å²) >= 11 is 0. The van der Waals surface area contributed by atoms with Crippen molar-refractivity contribution in [3.05, 3.63) is 102 Å². The molecule has 2 amide bonds. The van der Waals surface area contributed by atoms with Crippen LogP contribution in [0.4, 0.5) is 5.69 Å². The molecule has 0 radical (unpaired) electrons. The number of para-hydroxylation sites is 1. The molecule has 3 aromatic rings. The molecule has 1 saturated carbocycles. The molecule has 0 aromatic heterocycles. The van der Waals surface area contributed by atoms with Gasteiger partial charge in [-0.1, -0.05) is 78.9 Å². The van der Waals surface area contributed by atoms with Gasteiger partial charge in [-0.2, -0.15) is 0 Å². The van der Waals surface area contributed by atoms with Crippen LogP contribution >= 0.6 is 0 Å². The largest absolute Gasteiger partial charge is 0.274 e. The average molecular weight is 381 g/mol. The number of anilines is 1. The van der Waals surface area contributed by atoms with Gasteiger partial charge in [-0.3, -0.25) is 14.5 Å². The third-order valence-corrected chi connectivity index (χ3v) is 6.52. The first-order valence-corrected chi connectivity index (χ1v) is 10.3. The van der Waals surface area contributed by atoms with Crippen LogP contribution in [0.5, 0.6) is 0 Å². The Morgan fingerprint density at radius 2 is 0.931 bits per heavy atom. The molecule has 144 valence electrons. The van der Waals surface area contributed by atoms with Crippen LogP contribution in [0.25, 0.3) is 0 Å². The fourth-order valence-corrected chi connectivity index (χ4v) is 5.26. The van der Waals surface area contributed by atoms with Gasteiger partial charge in [0.1, 0.15) is 0 Å². The van der Waals surface area contributed by atoms with Crippen molar-refractivity contribution < 1.29 is 9.59 Å². The second kappa shape index (κ2) is 7.32. The van der Waals surface area contributed by atoms with Crippen LogP contribution < -0.4 is 4.90 Å². The molecule has 1 saturated heterocycles. The molecule has 4 atom stereocenters. The molecule has 1 aliphatic carbocycles. The molecule has 2 fully saturated rings. The summed E-state index contributed by atoms with van der Waals surface area (Å²) < 4.78 is 0. The molecule has 3 aromatic carbocycles. The minimum Gasteiger partial charge on any atom is -0.274 e. The predicted molar refractivity (Wildman–Crippen MR) is 114 cm³/mol. The molecule has 0 unspecified atom stereocenters. The van der Waals surface area contributed by atoms with Crippen LogP contribution in [-0.4, -0.2) is 11.8 Å². The third kappa shape index (κ3) is 2.98. The van der Waals surface area contributed by atoms with Crippen molar-refractivity contribution in [3.63, 3.8) is 0 Å². The minimum absolute atomic E-state index is 0.0549. The lowest BCUT2D eigenvalue weighted by atomic mass is 9.64. The number of hydrogen-bond donors (Lipinski definition) is 0. The highest BCUT2D eigenvalue weighted by molar-refractivity contribution is 6.22. The summed E-state index contributed by atoms with van der Waals surface area (Å²) in [6, 6.07) is 29.8. The van der Waals surface area contributed by atoms with Crippen molar-refractivity contribution in [2.45, 2.75) is 24.7 Å². The highest BCUT2D eigenvalue weighted by Crippen LogP contribution is 2.53. The van der Waals surface area contributed by atoms with E-state index in [9.17, 15) is 9.59 Å². The summed E-state index contributed by atoms with van der Waals surface area (Å²) in [6.07, 6.45) is 1.82. The Morgan fingerprint density at radius 1 is 0.552 bits per heavy atom. The van der Waals surface area contributed by atoms with Crippen LogP contribution in [0.2, 0.25) is 0 Å². The number of nitrogens with zero attached hydrogens (tertiary/aromatic N) is 1. The Morgan fingerprint density at radius 3 is 1.34 bits per heavy atom. The van der Waals surface area contributed by atoms with Gasteiger partial charge >= 0.3 is 0 Å². The lowest BCUT2D eigenvalue weighted by molar-refractivity contribution is -0.122. The number of carbonyl (C=O) groups excluding carboxylic acids is 2. The second-order valence-corrected chi connectivity index (χ2v) is 8.01. The van der Waals surface area contributed by atoms with E-state index in [0.717, 1.165) is 24.0 Å². The van der Waals surface area contributed by atoms with Crippen molar-refractivity contribution in [2.24, 2.45) is 11.8 Å². The van der Waals surface area contributed by atoms with Crippen molar-refractivity contribution in [3.8, 4) is 0 Å². The van der Waals surface area contributed by atoms with E-state index in [0.29, 0.717) is 5.69 Å². The summed E-state index contributed by atoms with van der Waals surface area (Å²) in [5.74, 6) is -0.591. The molecule has 0 N–H and O–H groups in total. The van der Waals surface area contributed by atoms with Gasteiger partial charge in [-0.05, 0) is 47.9 Å². The van der Waals surface area contributed by atoms with Crippen molar-refractivity contribution >= 4 is 17.5 Å². The summed E-state index contributed by atoms with van der Waals surface area (Å²) in [6.45, 7) is 0. The minimum atomic E-state index is -0.316. The van der Waals surface area contributed by atoms with E-state index in [4.69, 9.17) is 0 Å². The van der Waals surface area contributed by atoms with Crippen molar-refractivity contribution in [2.75, 3.05) is 4.90 Å². The van der Waals surface area contributed by atoms with Crippen LogP contribution in [0, 0.1) is 11.8 Å². The topological polar surface area (TPSA) is 37.4 Å². The van der Waals surface area contributed by atoms with Crippen LogP contribution in [-0.2, 0) is 9.59 Å². The van der Waals surface area contributed by atoms with Crippen molar-refractivity contribution in [1.82, 2.24) is 0 Å². The lowest BCUT2D eigenvalue weighted by Crippen LogP contribution is -2.34. The quantitative estimate of drug-likeness (QED) is 0.588. The zero-order chi connectivity index (χ0) is 19.8. The first-order chi connectivity index (χ1) is 14.3. The summed E-state index contributed by atoms with van der Waals surface area (Å²) in [5, 5.41) is 0. The van der Waals surface area contributed by atoms with Crippen LogP contribution in [0.1, 0.15) is 35.8 Å². The van der Waals surface area contributed by atoms with E-state index < -0.39 is 0 Å². The van der Waals surface area contributed by atoms with E-state index in [1.165, 1.54) is 4.90 Å². The summed E-state index contributed by atoms with van der Waals surface area (Å²) in [5.41, 5.74) is 2.99. The average Bonchev–Trinajstić information content (AvgIpc) is 3.06. The molecular weight excluding hydrogens is 358 g/mol. The third-order valence-electron chi connectivity index (χ3n) is 6.52. The van der Waals surface area contributed by atoms with E-state index in [-0.39, 0.29) is 35.5 Å². The highest BCUT2D eigenvalue weighted by atomic mass is 16.2. The van der Waals surface area contributed by atoms with Gasteiger partial charge in [0.05, 0.1) is 17.5 Å². The van der Waals surface area contributed by atoms with Crippen LogP contribution in [0.15, 0.2) is 91.0 Å². The fraction of sp³-hybridized carbons (Fsp3) is 0.231. The molecular formula is C26H23NO2. The summed E-state index contributed by atoms with van der Waals surface area (Å²) in [4.78, 5) is 28.7.